The van der Waals surface area contributed by atoms with Crippen LogP contribution in [0.5, 0.6) is 0 Å². The number of carbonyl (C=O) groups excluding carboxylic acids is 1. The van der Waals surface area contributed by atoms with Gasteiger partial charge in [-0.3, -0.25) is 14.8 Å². The molecule has 172 valence electrons. The van der Waals surface area contributed by atoms with E-state index < -0.39 is 0 Å². The maximum absolute atomic E-state index is 12.1. The SMILES string of the molecule is O=C(N/N=C\c1ccc(N2N=C(c3ccccc3)C[C@@H]2c2ccc(Br)cc2)cc1)c1cccnc1. The Morgan fingerprint density at radius 3 is 2.46 bits per heavy atom. The molecule has 1 aliphatic heterocycles. The Hall–Kier alpha value is -4.10. The molecule has 1 aliphatic rings. The van der Waals surface area contributed by atoms with E-state index in [2.05, 4.69) is 72.8 Å². The molecule has 7 heteroatoms. The number of nitrogens with one attached hydrogen (secondary N) is 1. The van der Waals surface area contributed by atoms with Crippen molar-refractivity contribution in [1.29, 1.82) is 0 Å². The molecule has 0 fully saturated rings. The van der Waals surface area contributed by atoms with E-state index in [1.165, 1.54) is 11.8 Å². The summed E-state index contributed by atoms with van der Waals surface area (Å²) in [6.07, 6.45) is 5.56. The van der Waals surface area contributed by atoms with E-state index in [0.29, 0.717) is 5.56 Å². The second-order valence-electron chi connectivity index (χ2n) is 8.06. The molecule has 1 amide bonds. The summed E-state index contributed by atoms with van der Waals surface area (Å²) in [6, 6.07) is 30.1. The average Bonchev–Trinajstić information content (AvgIpc) is 3.36. The van der Waals surface area contributed by atoms with Crippen molar-refractivity contribution in [1.82, 2.24) is 10.4 Å². The Morgan fingerprint density at radius 2 is 1.74 bits per heavy atom. The van der Waals surface area contributed by atoms with Gasteiger partial charge in [-0.15, -0.1) is 0 Å². The van der Waals surface area contributed by atoms with Crippen molar-refractivity contribution in [2.75, 3.05) is 5.01 Å². The molecule has 1 aromatic heterocycles. The van der Waals surface area contributed by atoms with Gasteiger partial charge in [0.25, 0.3) is 5.91 Å². The van der Waals surface area contributed by atoms with Gasteiger partial charge in [0.2, 0.25) is 0 Å². The van der Waals surface area contributed by atoms with Gasteiger partial charge in [-0.1, -0.05) is 70.5 Å². The van der Waals surface area contributed by atoms with Crippen LogP contribution in [-0.4, -0.2) is 22.8 Å². The fourth-order valence-corrected chi connectivity index (χ4v) is 4.20. The summed E-state index contributed by atoms with van der Waals surface area (Å²) in [7, 11) is 0. The van der Waals surface area contributed by atoms with Crippen LogP contribution in [0.15, 0.2) is 118 Å². The highest BCUT2D eigenvalue weighted by atomic mass is 79.9. The maximum atomic E-state index is 12.1. The van der Waals surface area contributed by atoms with Gasteiger partial charge in [0, 0.05) is 23.3 Å². The minimum atomic E-state index is -0.303. The molecule has 0 bridgehead atoms. The highest BCUT2D eigenvalue weighted by molar-refractivity contribution is 9.10. The quantitative estimate of drug-likeness (QED) is 0.250. The number of hydrazone groups is 2. The molecule has 0 saturated carbocycles. The summed E-state index contributed by atoms with van der Waals surface area (Å²) in [4.78, 5) is 16.1. The molecule has 4 aromatic rings. The van der Waals surface area contributed by atoms with Gasteiger partial charge in [0.15, 0.2) is 0 Å². The first kappa shape index (κ1) is 22.7. The summed E-state index contributed by atoms with van der Waals surface area (Å²) < 4.78 is 1.05. The van der Waals surface area contributed by atoms with Gasteiger partial charge in [-0.2, -0.15) is 10.2 Å². The van der Waals surface area contributed by atoms with Crippen LogP contribution in [0.25, 0.3) is 0 Å². The first-order valence-electron chi connectivity index (χ1n) is 11.2. The van der Waals surface area contributed by atoms with Crippen molar-refractivity contribution in [3.05, 3.63) is 130 Å². The first-order valence-corrected chi connectivity index (χ1v) is 12.0. The van der Waals surface area contributed by atoms with E-state index in [4.69, 9.17) is 5.10 Å². The molecule has 5 rings (SSSR count). The predicted molar refractivity (Wildman–Crippen MR) is 143 cm³/mol. The minimum absolute atomic E-state index is 0.0941. The number of rotatable bonds is 6. The third kappa shape index (κ3) is 5.36. The van der Waals surface area contributed by atoms with Crippen molar-refractivity contribution in [3.63, 3.8) is 0 Å². The average molecular weight is 524 g/mol. The topological polar surface area (TPSA) is 70.0 Å². The highest BCUT2D eigenvalue weighted by Crippen LogP contribution is 2.37. The molecule has 1 atom stereocenters. The van der Waals surface area contributed by atoms with Crippen LogP contribution >= 0.6 is 15.9 Å². The number of hydrogen-bond donors (Lipinski definition) is 1. The van der Waals surface area contributed by atoms with E-state index in [1.807, 2.05) is 42.5 Å². The third-order valence-corrected chi connectivity index (χ3v) is 6.26. The fraction of sp³-hybridized carbons (Fsp3) is 0.0714. The second-order valence-corrected chi connectivity index (χ2v) is 8.98. The van der Waals surface area contributed by atoms with Crippen molar-refractivity contribution in [3.8, 4) is 0 Å². The lowest BCUT2D eigenvalue weighted by Gasteiger charge is -2.24. The highest BCUT2D eigenvalue weighted by Gasteiger charge is 2.29. The summed E-state index contributed by atoms with van der Waals surface area (Å²) in [5.74, 6) is -0.303. The van der Waals surface area contributed by atoms with E-state index in [-0.39, 0.29) is 11.9 Å². The molecule has 0 aliphatic carbocycles. The zero-order chi connectivity index (χ0) is 24.0. The minimum Gasteiger partial charge on any atom is -0.267 e. The number of anilines is 1. The van der Waals surface area contributed by atoms with E-state index >= 15 is 0 Å². The fourth-order valence-electron chi connectivity index (χ4n) is 3.94. The van der Waals surface area contributed by atoms with Crippen LogP contribution in [0, 0.1) is 0 Å². The molecule has 0 unspecified atom stereocenters. The van der Waals surface area contributed by atoms with E-state index in [0.717, 1.165) is 33.4 Å². The Labute approximate surface area is 212 Å². The molecular weight excluding hydrogens is 502 g/mol. The van der Waals surface area contributed by atoms with E-state index in [1.54, 1.807) is 24.5 Å². The number of amides is 1. The summed E-state index contributed by atoms with van der Waals surface area (Å²) in [5.41, 5.74) is 8.23. The number of pyridine rings is 1. The van der Waals surface area contributed by atoms with E-state index in [9.17, 15) is 4.79 Å². The zero-order valence-electron chi connectivity index (χ0n) is 18.8. The molecule has 0 spiro atoms. The molecule has 1 N–H and O–H groups in total. The smallest absolute Gasteiger partial charge is 0.267 e. The van der Waals surface area contributed by atoms with Crippen molar-refractivity contribution in [2.45, 2.75) is 12.5 Å². The standard InChI is InChI=1S/C28H22BrN5O/c29-24-12-10-22(11-13-24)27-17-26(21-5-2-1-3-6-21)33-34(27)25-14-8-20(9-15-25)18-31-32-28(35)23-7-4-16-30-19-23/h1-16,18-19,27H,17H2,(H,32,35)/b31-18-/t27-/m1/s1. The molecule has 3 aromatic carbocycles. The first-order chi connectivity index (χ1) is 17.2. The van der Waals surface area contributed by atoms with Crippen LogP contribution in [0.3, 0.4) is 0 Å². The van der Waals surface area contributed by atoms with Crippen molar-refractivity contribution in [2.24, 2.45) is 10.2 Å². The van der Waals surface area contributed by atoms with Crippen LogP contribution < -0.4 is 10.4 Å². The van der Waals surface area contributed by atoms with Gasteiger partial charge in [0.1, 0.15) is 0 Å². The number of carbonyl (C=O) groups is 1. The number of benzene rings is 3. The molecule has 6 nitrogen and oxygen atoms in total. The number of nitrogens with zero attached hydrogens (tertiary/aromatic N) is 4. The maximum Gasteiger partial charge on any atom is 0.272 e. The summed E-state index contributed by atoms with van der Waals surface area (Å²) in [6.45, 7) is 0. The zero-order valence-corrected chi connectivity index (χ0v) is 20.3. The summed E-state index contributed by atoms with van der Waals surface area (Å²) >= 11 is 3.53. The normalized spacial score (nSPS) is 15.3. The van der Waals surface area contributed by atoms with Crippen LogP contribution in [0.4, 0.5) is 5.69 Å². The van der Waals surface area contributed by atoms with Crippen molar-refractivity contribution < 1.29 is 4.79 Å². The van der Waals surface area contributed by atoms with Crippen molar-refractivity contribution >= 4 is 39.5 Å². The molecule has 0 saturated heterocycles. The van der Waals surface area contributed by atoms with Gasteiger partial charge < -0.3 is 0 Å². The monoisotopic (exact) mass is 523 g/mol. The lowest BCUT2D eigenvalue weighted by atomic mass is 9.98. The number of hydrogen-bond acceptors (Lipinski definition) is 5. The molecule has 35 heavy (non-hydrogen) atoms. The van der Waals surface area contributed by atoms with Gasteiger partial charge >= 0.3 is 0 Å². The van der Waals surface area contributed by atoms with Crippen LogP contribution in [-0.2, 0) is 0 Å². The Kier molecular flexibility index (Phi) is 6.77. The largest absolute Gasteiger partial charge is 0.272 e. The van der Waals surface area contributed by atoms with Gasteiger partial charge in [0.05, 0.1) is 29.2 Å². The lowest BCUT2D eigenvalue weighted by Crippen LogP contribution is -2.18. The predicted octanol–water partition coefficient (Wildman–Crippen LogP) is 5.96. The number of halogens is 1. The molecule has 0 radical (unpaired) electrons. The lowest BCUT2D eigenvalue weighted by molar-refractivity contribution is 0.0955. The van der Waals surface area contributed by atoms with Gasteiger partial charge in [-0.25, -0.2) is 5.43 Å². The van der Waals surface area contributed by atoms with Gasteiger partial charge in [-0.05, 0) is 53.1 Å². The second kappa shape index (κ2) is 10.4. The Bertz CT molecular complexity index is 1350. The summed E-state index contributed by atoms with van der Waals surface area (Å²) in [5, 5.41) is 11.1. The molecular formula is C28H22BrN5O. The van der Waals surface area contributed by atoms with Crippen LogP contribution in [0.2, 0.25) is 0 Å². The molecule has 2 heterocycles. The Morgan fingerprint density at radius 1 is 0.971 bits per heavy atom. The Balaban J connectivity index is 1.35. The van der Waals surface area contributed by atoms with Crippen LogP contribution in [0.1, 0.15) is 39.5 Å². The number of aromatic nitrogens is 1. The third-order valence-electron chi connectivity index (χ3n) is 5.73.